The fourth-order valence-corrected chi connectivity index (χ4v) is 4.31. The van der Waals surface area contributed by atoms with Crippen LogP contribution in [0.15, 0.2) is 0 Å². The standard InChI is InChI=1S/C14H24N2O3S/c17-13(18)12(11-4-2-1-3-5-11)16-14(19)15-8-10-6-7-20-9-10/h10-12H,1-9H2,(H,17,18)(H2,15,16,19). The number of carboxylic acid groups (broad SMARTS) is 1. The molecule has 0 aromatic rings. The van der Waals surface area contributed by atoms with E-state index in [9.17, 15) is 14.7 Å². The summed E-state index contributed by atoms with van der Waals surface area (Å²) in [5.74, 6) is 1.94. The normalized spacial score (nSPS) is 25.1. The van der Waals surface area contributed by atoms with E-state index in [1.165, 1.54) is 6.42 Å². The smallest absolute Gasteiger partial charge is 0.326 e. The summed E-state index contributed by atoms with van der Waals surface area (Å²) in [6.07, 6.45) is 6.24. The summed E-state index contributed by atoms with van der Waals surface area (Å²) >= 11 is 1.91. The van der Waals surface area contributed by atoms with Gasteiger partial charge < -0.3 is 15.7 Å². The zero-order chi connectivity index (χ0) is 14.4. The molecule has 2 atom stereocenters. The fourth-order valence-electron chi connectivity index (χ4n) is 3.02. The summed E-state index contributed by atoms with van der Waals surface area (Å²) in [6.45, 7) is 0.649. The van der Waals surface area contributed by atoms with Crippen molar-refractivity contribution in [2.75, 3.05) is 18.1 Å². The molecule has 0 bridgehead atoms. The average molecular weight is 300 g/mol. The summed E-state index contributed by atoms with van der Waals surface area (Å²) in [7, 11) is 0. The largest absolute Gasteiger partial charge is 0.480 e. The number of hydrogen-bond donors (Lipinski definition) is 3. The third kappa shape index (κ3) is 4.58. The van der Waals surface area contributed by atoms with Crippen LogP contribution in [0.3, 0.4) is 0 Å². The molecule has 6 heteroatoms. The maximum atomic E-state index is 11.9. The van der Waals surface area contributed by atoms with Crippen molar-refractivity contribution in [1.29, 1.82) is 0 Å². The van der Waals surface area contributed by atoms with E-state index >= 15 is 0 Å². The SMILES string of the molecule is O=C(NCC1CCSC1)NC(C(=O)O)C1CCCCC1. The number of nitrogens with one attached hydrogen (secondary N) is 2. The number of rotatable bonds is 5. The van der Waals surface area contributed by atoms with Crippen molar-refractivity contribution in [1.82, 2.24) is 10.6 Å². The Hall–Kier alpha value is -0.910. The maximum absolute atomic E-state index is 11.9. The van der Waals surface area contributed by atoms with Crippen molar-refractivity contribution in [3.63, 3.8) is 0 Å². The molecule has 0 aromatic carbocycles. The van der Waals surface area contributed by atoms with E-state index in [2.05, 4.69) is 10.6 Å². The molecular weight excluding hydrogens is 276 g/mol. The minimum absolute atomic E-state index is 0.0778. The second-order valence-corrected chi connectivity index (χ2v) is 6.95. The van der Waals surface area contributed by atoms with Gasteiger partial charge in [-0.05, 0) is 42.6 Å². The lowest BCUT2D eigenvalue weighted by atomic mass is 9.84. The predicted molar refractivity (Wildman–Crippen MR) is 80.0 cm³/mol. The van der Waals surface area contributed by atoms with Crippen LogP contribution in [0.25, 0.3) is 0 Å². The first kappa shape index (κ1) is 15.5. The van der Waals surface area contributed by atoms with Crippen molar-refractivity contribution >= 4 is 23.8 Å². The number of aliphatic carboxylic acids is 1. The van der Waals surface area contributed by atoms with Crippen LogP contribution in [0, 0.1) is 11.8 Å². The van der Waals surface area contributed by atoms with Crippen molar-refractivity contribution in [2.45, 2.75) is 44.6 Å². The van der Waals surface area contributed by atoms with E-state index < -0.39 is 12.0 Å². The minimum atomic E-state index is -0.913. The molecule has 0 spiro atoms. The third-order valence-electron chi connectivity index (χ3n) is 4.25. The second kappa shape index (κ2) is 7.76. The second-order valence-electron chi connectivity index (χ2n) is 5.80. The van der Waals surface area contributed by atoms with Crippen LogP contribution in [-0.2, 0) is 4.79 Å². The highest BCUT2D eigenvalue weighted by Crippen LogP contribution is 2.26. The first-order valence-electron chi connectivity index (χ1n) is 7.51. The molecule has 2 rings (SSSR count). The van der Waals surface area contributed by atoms with Gasteiger partial charge in [-0.3, -0.25) is 0 Å². The summed E-state index contributed by atoms with van der Waals surface area (Å²) in [6, 6.07) is -1.08. The van der Waals surface area contributed by atoms with Crippen LogP contribution in [-0.4, -0.2) is 41.2 Å². The molecule has 20 heavy (non-hydrogen) atoms. The number of carbonyl (C=O) groups is 2. The summed E-state index contributed by atoms with van der Waals surface area (Å²) < 4.78 is 0. The van der Waals surface area contributed by atoms with Crippen LogP contribution in [0.4, 0.5) is 4.79 Å². The molecule has 2 unspecified atom stereocenters. The molecule has 1 aliphatic heterocycles. The van der Waals surface area contributed by atoms with Gasteiger partial charge in [0, 0.05) is 6.54 Å². The lowest BCUT2D eigenvalue weighted by Crippen LogP contribution is -2.50. The van der Waals surface area contributed by atoms with Gasteiger partial charge in [0.25, 0.3) is 0 Å². The number of carboxylic acids is 1. The Bertz CT molecular complexity index is 339. The number of carbonyl (C=O) groups excluding carboxylic acids is 1. The molecule has 1 saturated carbocycles. The van der Waals surface area contributed by atoms with Gasteiger partial charge in [-0.15, -0.1) is 0 Å². The molecule has 114 valence electrons. The van der Waals surface area contributed by atoms with Crippen molar-refractivity contribution in [3.05, 3.63) is 0 Å². The van der Waals surface area contributed by atoms with Crippen LogP contribution in [0.5, 0.6) is 0 Å². The van der Waals surface area contributed by atoms with E-state index in [1.807, 2.05) is 11.8 Å². The van der Waals surface area contributed by atoms with Crippen LogP contribution in [0.1, 0.15) is 38.5 Å². The zero-order valence-electron chi connectivity index (χ0n) is 11.8. The van der Waals surface area contributed by atoms with Crippen LogP contribution < -0.4 is 10.6 Å². The number of urea groups is 1. The van der Waals surface area contributed by atoms with Crippen molar-refractivity contribution in [3.8, 4) is 0 Å². The molecular formula is C14H24N2O3S. The zero-order valence-corrected chi connectivity index (χ0v) is 12.6. The van der Waals surface area contributed by atoms with Gasteiger partial charge in [0.15, 0.2) is 0 Å². The maximum Gasteiger partial charge on any atom is 0.326 e. The molecule has 2 aliphatic rings. The van der Waals surface area contributed by atoms with Gasteiger partial charge in [0.1, 0.15) is 6.04 Å². The van der Waals surface area contributed by atoms with E-state index in [4.69, 9.17) is 0 Å². The minimum Gasteiger partial charge on any atom is -0.480 e. The van der Waals surface area contributed by atoms with Crippen LogP contribution in [0.2, 0.25) is 0 Å². The highest BCUT2D eigenvalue weighted by atomic mass is 32.2. The van der Waals surface area contributed by atoms with E-state index in [0.29, 0.717) is 12.5 Å². The van der Waals surface area contributed by atoms with E-state index in [-0.39, 0.29) is 11.9 Å². The van der Waals surface area contributed by atoms with Crippen LogP contribution >= 0.6 is 11.8 Å². The third-order valence-corrected chi connectivity index (χ3v) is 5.48. The Kier molecular flexibility index (Phi) is 6.01. The first-order valence-corrected chi connectivity index (χ1v) is 8.67. The Balaban J connectivity index is 1.77. The Morgan fingerprint density at radius 2 is 1.95 bits per heavy atom. The van der Waals surface area contributed by atoms with Gasteiger partial charge in [-0.25, -0.2) is 9.59 Å². The molecule has 5 nitrogen and oxygen atoms in total. The lowest BCUT2D eigenvalue weighted by molar-refractivity contribution is -0.141. The molecule has 2 amide bonds. The molecule has 2 fully saturated rings. The van der Waals surface area contributed by atoms with Gasteiger partial charge >= 0.3 is 12.0 Å². The van der Waals surface area contributed by atoms with Gasteiger partial charge in [-0.1, -0.05) is 19.3 Å². The lowest BCUT2D eigenvalue weighted by Gasteiger charge is -2.28. The molecule has 3 N–H and O–H groups in total. The van der Waals surface area contributed by atoms with E-state index in [1.54, 1.807) is 0 Å². The summed E-state index contributed by atoms with van der Waals surface area (Å²) in [5.41, 5.74) is 0. The van der Waals surface area contributed by atoms with Gasteiger partial charge in [-0.2, -0.15) is 11.8 Å². The van der Waals surface area contributed by atoms with E-state index in [0.717, 1.165) is 43.6 Å². The Morgan fingerprint density at radius 3 is 2.55 bits per heavy atom. The average Bonchev–Trinajstić information content (AvgIpc) is 2.96. The van der Waals surface area contributed by atoms with Gasteiger partial charge in [0.2, 0.25) is 0 Å². The quantitative estimate of drug-likeness (QED) is 0.726. The molecule has 1 aliphatic carbocycles. The molecule has 1 heterocycles. The summed E-state index contributed by atoms with van der Waals surface area (Å²) in [5, 5.41) is 14.8. The molecule has 1 saturated heterocycles. The number of amides is 2. The highest BCUT2D eigenvalue weighted by Gasteiger charge is 2.30. The fraction of sp³-hybridized carbons (Fsp3) is 0.857. The molecule has 0 radical (unpaired) electrons. The van der Waals surface area contributed by atoms with Gasteiger partial charge in [0.05, 0.1) is 0 Å². The first-order chi connectivity index (χ1) is 9.66. The molecule has 0 aromatic heterocycles. The Morgan fingerprint density at radius 1 is 1.20 bits per heavy atom. The topological polar surface area (TPSA) is 78.4 Å². The number of hydrogen-bond acceptors (Lipinski definition) is 3. The predicted octanol–water partition coefficient (Wildman–Crippen LogP) is 2.07. The number of thioether (sulfide) groups is 1. The monoisotopic (exact) mass is 300 g/mol. The summed E-state index contributed by atoms with van der Waals surface area (Å²) in [4.78, 5) is 23.2. The Labute approximate surface area is 124 Å². The van der Waals surface area contributed by atoms with Crippen molar-refractivity contribution < 1.29 is 14.7 Å². The van der Waals surface area contributed by atoms with Crippen molar-refractivity contribution in [2.24, 2.45) is 11.8 Å². The highest BCUT2D eigenvalue weighted by molar-refractivity contribution is 7.99.